The third-order valence-electron chi connectivity index (χ3n) is 10.4. The number of para-hydroxylation sites is 3. The number of fused-ring (bicyclic) bond motifs is 10. The fourth-order valence-corrected chi connectivity index (χ4v) is 7.83. The molecule has 6 heteroatoms. The Hall–Kier alpha value is -7.44. The van der Waals surface area contributed by atoms with Gasteiger partial charge in [0, 0.05) is 38.5 Å². The van der Waals surface area contributed by atoms with Gasteiger partial charge in [-0.25, -0.2) is 19.9 Å². The van der Waals surface area contributed by atoms with Gasteiger partial charge >= 0.3 is 0 Å². The molecule has 4 heterocycles. The van der Waals surface area contributed by atoms with Gasteiger partial charge in [-0.05, 0) is 46.8 Å². The average Bonchev–Trinajstić information content (AvgIpc) is 3.81. The summed E-state index contributed by atoms with van der Waals surface area (Å²) in [4.78, 5) is 19.8. The molecule has 0 aliphatic carbocycles. The second kappa shape index (κ2) is 12.1. The molecule has 0 spiro atoms. The van der Waals surface area contributed by atoms with Crippen LogP contribution in [0.25, 0.3) is 100 Å². The summed E-state index contributed by atoms with van der Waals surface area (Å²) >= 11 is 0. The zero-order valence-corrected chi connectivity index (χ0v) is 29.0. The molecule has 11 aromatic rings. The second-order valence-corrected chi connectivity index (χ2v) is 13.5. The molecule has 54 heavy (non-hydrogen) atoms. The van der Waals surface area contributed by atoms with E-state index < -0.39 is 0 Å². The molecule has 0 fully saturated rings. The highest BCUT2D eigenvalue weighted by atomic mass is 15.1. The summed E-state index contributed by atoms with van der Waals surface area (Å²) in [6.45, 7) is 0. The van der Waals surface area contributed by atoms with Gasteiger partial charge in [0.15, 0.2) is 17.5 Å². The van der Waals surface area contributed by atoms with Crippen LogP contribution in [0.3, 0.4) is 0 Å². The standard InChI is InChI=1S/C48H30N6/c1-3-13-33(14-4-1)44-50-45(34-15-5-2-6-16-34)52-46(51-44)35-25-23-31(24-26-35)32-27-29-36(30-28-32)53-41-21-11-9-19-39(41)43-37-17-7-8-18-38(37)47-49-40-20-10-12-22-42(40)54(47)48(43)53/h1-30H. The van der Waals surface area contributed by atoms with Crippen LogP contribution in [0, 0.1) is 0 Å². The van der Waals surface area contributed by atoms with Crippen molar-refractivity contribution in [2.45, 2.75) is 0 Å². The largest absolute Gasteiger partial charge is 0.295 e. The highest BCUT2D eigenvalue weighted by molar-refractivity contribution is 6.23. The lowest BCUT2D eigenvalue weighted by Gasteiger charge is -2.12. The highest BCUT2D eigenvalue weighted by Gasteiger charge is 2.21. The lowest BCUT2D eigenvalue weighted by atomic mass is 10.0. The molecular weight excluding hydrogens is 661 g/mol. The highest BCUT2D eigenvalue weighted by Crippen LogP contribution is 2.40. The number of imidazole rings is 1. The molecule has 0 unspecified atom stereocenters. The van der Waals surface area contributed by atoms with Gasteiger partial charge in [-0.2, -0.15) is 0 Å². The number of pyridine rings is 1. The first-order valence-electron chi connectivity index (χ1n) is 18.1. The van der Waals surface area contributed by atoms with E-state index in [1.165, 1.54) is 16.2 Å². The van der Waals surface area contributed by atoms with Crippen LogP contribution >= 0.6 is 0 Å². The van der Waals surface area contributed by atoms with E-state index in [0.29, 0.717) is 17.5 Å². The van der Waals surface area contributed by atoms with Gasteiger partial charge in [0.1, 0.15) is 11.3 Å². The minimum absolute atomic E-state index is 0.641. The topological polar surface area (TPSA) is 60.9 Å². The van der Waals surface area contributed by atoms with Gasteiger partial charge < -0.3 is 0 Å². The molecular formula is C48H30N6. The first kappa shape index (κ1) is 30.2. The molecule has 4 aromatic heterocycles. The van der Waals surface area contributed by atoms with Gasteiger partial charge in [-0.15, -0.1) is 0 Å². The zero-order valence-electron chi connectivity index (χ0n) is 29.0. The van der Waals surface area contributed by atoms with Crippen LogP contribution in [0.5, 0.6) is 0 Å². The Morgan fingerprint density at radius 3 is 1.43 bits per heavy atom. The lowest BCUT2D eigenvalue weighted by Crippen LogP contribution is -2.00. The monoisotopic (exact) mass is 690 g/mol. The van der Waals surface area contributed by atoms with E-state index in [4.69, 9.17) is 19.9 Å². The predicted molar refractivity (Wildman–Crippen MR) is 220 cm³/mol. The summed E-state index contributed by atoms with van der Waals surface area (Å²) in [5.41, 5.74) is 11.5. The maximum absolute atomic E-state index is 5.16. The first-order chi connectivity index (χ1) is 26.8. The van der Waals surface area contributed by atoms with Crippen LogP contribution in [0.1, 0.15) is 0 Å². The van der Waals surface area contributed by atoms with Crippen molar-refractivity contribution in [1.82, 2.24) is 28.9 Å². The van der Waals surface area contributed by atoms with Crippen molar-refractivity contribution < 1.29 is 0 Å². The molecule has 0 bridgehead atoms. The molecule has 0 aliphatic heterocycles. The van der Waals surface area contributed by atoms with Gasteiger partial charge in [-0.1, -0.05) is 152 Å². The number of nitrogens with zero attached hydrogens (tertiary/aromatic N) is 6. The average molecular weight is 691 g/mol. The van der Waals surface area contributed by atoms with Crippen molar-refractivity contribution in [2.75, 3.05) is 0 Å². The molecule has 0 saturated heterocycles. The molecule has 0 N–H and O–H groups in total. The fourth-order valence-electron chi connectivity index (χ4n) is 7.83. The van der Waals surface area contributed by atoms with E-state index in [1.54, 1.807) is 0 Å². The summed E-state index contributed by atoms with van der Waals surface area (Å²) in [6.07, 6.45) is 0. The summed E-state index contributed by atoms with van der Waals surface area (Å²) < 4.78 is 4.73. The Kier molecular flexibility index (Phi) is 6.75. The number of benzene rings is 7. The molecule has 6 nitrogen and oxygen atoms in total. The second-order valence-electron chi connectivity index (χ2n) is 13.5. The summed E-state index contributed by atoms with van der Waals surface area (Å²) in [6, 6.07) is 63.2. The van der Waals surface area contributed by atoms with Crippen LogP contribution in [-0.2, 0) is 0 Å². The van der Waals surface area contributed by atoms with Crippen LogP contribution in [0.15, 0.2) is 182 Å². The smallest absolute Gasteiger partial charge is 0.164 e. The van der Waals surface area contributed by atoms with E-state index in [0.717, 1.165) is 66.7 Å². The maximum atomic E-state index is 5.16. The Bertz CT molecular complexity index is 3120. The van der Waals surface area contributed by atoms with Gasteiger partial charge in [0.05, 0.1) is 16.6 Å². The van der Waals surface area contributed by atoms with Gasteiger partial charge in [-0.3, -0.25) is 8.97 Å². The minimum Gasteiger partial charge on any atom is -0.295 e. The number of rotatable bonds is 5. The van der Waals surface area contributed by atoms with E-state index in [1.807, 2.05) is 60.7 Å². The van der Waals surface area contributed by atoms with Crippen LogP contribution in [0.4, 0.5) is 0 Å². The molecule has 7 aromatic carbocycles. The maximum Gasteiger partial charge on any atom is 0.164 e. The van der Waals surface area contributed by atoms with Crippen molar-refractivity contribution >= 4 is 49.4 Å². The SMILES string of the molecule is c1ccc(-c2nc(-c3ccccc3)nc(-c3ccc(-c4ccc(-n5c6ccccc6c6c7ccccc7c7nc8ccccc8n7c65)cc4)cc3)n2)cc1. The Labute approximate surface area is 310 Å². The van der Waals surface area contributed by atoms with E-state index in [2.05, 4.69) is 130 Å². The number of hydrogen-bond acceptors (Lipinski definition) is 4. The van der Waals surface area contributed by atoms with Crippen LogP contribution in [-0.4, -0.2) is 28.9 Å². The fraction of sp³-hybridized carbons (Fsp3) is 0. The quantitative estimate of drug-likeness (QED) is 0.180. The molecule has 0 radical (unpaired) electrons. The van der Waals surface area contributed by atoms with Crippen LogP contribution < -0.4 is 0 Å². The summed E-state index contributed by atoms with van der Waals surface area (Å²) in [7, 11) is 0. The van der Waals surface area contributed by atoms with Crippen LogP contribution in [0.2, 0.25) is 0 Å². The van der Waals surface area contributed by atoms with Gasteiger partial charge in [0.2, 0.25) is 0 Å². The van der Waals surface area contributed by atoms with E-state index >= 15 is 0 Å². The number of hydrogen-bond donors (Lipinski definition) is 0. The van der Waals surface area contributed by atoms with Crippen molar-refractivity contribution in [3.8, 4) is 51.0 Å². The van der Waals surface area contributed by atoms with Crippen molar-refractivity contribution in [2.24, 2.45) is 0 Å². The molecule has 252 valence electrons. The Morgan fingerprint density at radius 2 is 0.796 bits per heavy atom. The molecule has 0 atom stereocenters. The normalized spacial score (nSPS) is 11.7. The minimum atomic E-state index is 0.641. The molecule has 0 aliphatic rings. The van der Waals surface area contributed by atoms with Crippen molar-refractivity contribution in [1.29, 1.82) is 0 Å². The van der Waals surface area contributed by atoms with E-state index in [-0.39, 0.29) is 0 Å². The Balaban J connectivity index is 1.03. The van der Waals surface area contributed by atoms with E-state index in [9.17, 15) is 0 Å². The zero-order chi connectivity index (χ0) is 35.6. The molecule has 0 saturated carbocycles. The third kappa shape index (κ3) is 4.74. The summed E-state index contributed by atoms with van der Waals surface area (Å²) in [5.74, 6) is 1.94. The van der Waals surface area contributed by atoms with Crippen molar-refractivity contribution in [3.05, 3.63) is 182 Å². The number of aromatic nitrogens is 6. The predicted octanol–water partition coefficient (Wildman–Crippen LogP) is 11.6. The first-order valence-corrected chi connectivity index (χ1v) is 18.1. The van der Waals surface area contributed by atoms with Crippen molar-refractivity contribution in [3.63, 3.8) is 0 Å². The molecule has 0 amide bonds. The van der Waals surface area contributed by atoms with Gasteiger partial charge in [0.25, 0.3) is 0 Å². The Morgan fingerprint density at radius 1 is 0.333 bits per heavy atom. The third-order valence-corrected chi connectivity index (χ3v) is 10.4. The lowest BCUT2D eigenvalue weighted by molar-refractivity contribution is 1.07. The molecule has 11 rings (SSSR count). The summed E-state index contributed by atoms with van der Waals surface area (Å²) in [5, 5.41) is 4.78.